The Balaban J connectivity index is 3.46. The second-order valence-electron chi connectivity index (χ2n) is 5.31. The third kappa shape index (κ3) is 10.3. The smallest absolute Gasteiger partial charge is 0.240 e. The van der Waals surface area contributed by atoms with Crippen molar-refractivity contribution in [1.29, 1.82) is 0 Å². The van der Waals surface area contributed by atoms with E-state index in [4.69, 9.17) is 0 Å². The minimum Gasteiger partial charge on any atom is -0.273 e. The van der Waals surface area contributed by atoms with Crippen LogP contribution in [0, 0.1) is 5.92 Å². The summed E-state index contributed by atoms with van der Waals surface area (Å²) in [4.78, 5) is 11.5. The topological polar surface area (TPSA) is 41.5 Å². The largest absolute Gasteiger partial charge is 0.273 e. The number of amides is 1. The van der Waals surface area contributed by atoms with E-state index in [0.717, 1.165) is 18.6 Å². The lowest BCUT2D eigenvalue weighted by Gasteiger charge is -2.05. The molecule has 0 saturated heterocycles. The number of unbranched alkanes of at least 4 members (excludes halogenated alkanes) is 6. The van der Waals surface area contributed by atoms with Crippen LogP contribution in [-0.2, 0) is 4.79 Å². The highest BCUT2D eigenvalue weighted by Gasteiger charge is 2.01. The van der Waals surface area contributed by atoms with Crippen molar-refractivity contribution in [3.05, 3.63) is 0 Å². The summed E-state index contributed by atoms with van der Waals surface area (Å²) in [5.74, 6) is 0.437. The molecule has 0 unspecified atom stereocenters. The van der Waals surface area contributed by atoms with Crippen LogP contribution < -0.4 is 5.43 Å². The molecule has 3 nitrogen and oxygen atoms in total. The fourth-order valence-corrected chi connectivity index (χ4v) is 1.58. The summed E-state index contributed by atoms with van der Waals surface area (Å²) in [6.45, 7) is 8.31. The molecule has 0 radical (unpaired) electrons. The highest BCUT2D eigenvalue weighted by molar-refractivity contribution is 5.85. The number of nitrogens with zero attached hydrogens (tertiary/aromatic N) is 1. The zero-order valence-electron chi connectivity index (χ0n) is 12.6. The first kappa shape index (κ1) is 17.1. The molecule has 0 aromatic heterocycles. The molecule has 0 aliphatic heterocycles. The summed E-state index contributed by atoms with van der Waals surface area (Å²) in [6.07, 6.45) is 9.25. The lowest BCUT2D eigenvalue weighted by atomic mass is 10.1. The van der Waals surface area contributed by atoms with E-state index in [2.05, 4.69) is 31.3 Å². The fraction of sp³-hybridized carbons (Fsp3) is 0.867. The Morgan fingerprint density at radius 3 is 2.17 bits per heavy atom. The van der Waals surface area contributed by atoms with Crippen molar-refractivity contribution in [2.75, 3.05) is 0 Å². The van der Waals surface area contributed by atoms with Gasteiger partial charge in [0.1, 0.15) is 0 Å². The van der Waals surface area contributed by atoms with Gasteiger partial charge in [0.2, 0.25) is 5.91 Å². The van der Waals surface area contributed by atoms with Crippen LogP contribution in [0.1, 0.15) is 79.1 Å². The van der Waals surface area contributed by atoms with Gasteiger partial charge in [-0.25, -0.2) is 5.43 Å². The average Bonchev–Trinajstić information content (AvgIpc) is 2.34. The van der Waals surface area contributed by atoms with Gasteiger partial charge in [-0.3, -0.25) is 4.79 Å². The van der Waals surface area contributed by atoms with Crippen molar-refractivity contribution in [3.8, 4) is 0 Å². The summed E-state index contributed by atoms with van der Waals surface area (Å²) < 4.78 is 0. The third-order valence-corrected chi connectivity index (χ3v) is 3.20. The molecule has 106 valence electrons. The standard InChI is InChI=1S/C15H30N2O/c1-5-6-7-8-9-10-11-12-15(18)17-16-14(4)13(2)3/h13H,5-12H2,1-4H3,(H,17,18)/b16-14-. The molecule has 1 amide bonds. The van der Waals surface area contributed by atoms with Crippen molar-refractivity contribution < 1.29 is 4.79 Å². The molecule has 0 fully saturated rings. The Kier molecular flexibility index (Phi) is 10.7. The first-order valence-electron chi connectivity index (χ1n) is 7.41. The van der Waals surface area contributed by atoms with Crippen LogP contribution >= 0.6 is 0 Å². The predicted octanol–water partition coefficient (Wildman–Crippen LogP) is 4.28. The van der Waals surface area contributed by atoms with Crippen LogP contribution in [0.4, 0.5) is 0 Å². The summed E-state index contributed by atoms with van der Waals surface area (Å²) in [7, 11) is 0. The molecule has 0 aromatic rings. The van der Waals surface area contributed by atoms with E-state index in [-0.39, 0.29) is 5.91 Å². The zero-order valence-corrected chi connectivity index (χ0v) is 12.6. The maximum atomic E-state index is 11.5. The number of carbonyl (C=O) groups is 1. The van der Waals surface area contributed by atoms with E-state index >= 15 is 0 Å². The summed E-state index contributed by atoms with van der Waals surface area (Å²) in [5.41, 5.74) is 3.60. The van der Waals surface area contributed by atoms with Crippen molar-refractivity contribution in [2.45, 2.75) is 79.1 Å². The van der Waals surface area contributed by atoms with E-state index in [1.807, 2.05) is 6.92 Å². The molecule has 3 heteroatoms. The number of hydrogen-bond acceptors (Lipinski definition) is 2. The first-order valence-corrected chi connectivity index (χ1v) is 7.41. The van der Waals surface area contributed by atoms with E-state index in [9.17, 15) is 4.79 Å². The molecule has 0 aromatic carbocycles. The van der Waals surface area contributed by atoms with Crippen LogP contribution in [0.5, 0.6) is 0 Å². The first-order chi connectivity index (χ1) is 8.57. The summed E-state index contributed by atoms with van der Waals surface area (Å²) >= 11 is 0. The van der Waals surface area contributed by atoms with Crippen molar-refractivity contribution in [2.24, 2.45) is 11.0 Å². The second kappa shape index (κ2) is 11.2. The molecule has 0 bridgehead atoms. The van der Waals surface area contributed by atoms with Crippen molar-refractivity contribution in [3.63, 3.8) is 0 Å². The monoisotopic (exact) mass is 254 g/mol. The van der Waals surface area contributed by atoms with Gasteiger partial charge >= 0.3 is 0 Å². The van der Waals surface area contributed by atoms with Crippen molar-refractivity contribution in [1.82, 2.24) is 5.43 Å². The lowest BCUT2D eigenvalue weighted by Crippen LogP contribution is -2.19. The van der Waals surface area contributed by atoms with E-state index < -0.39 is 0 Å². The Bertz CT molecular complexity index is 247. The number of carbonyl (C=O) groups excluding carboxylic acids is 1. The Morgan fingerprint density at radius 1 is 1.06 bits per heavy atom. The maximum Gasteiger partial charge on any atom is 0.240 e. The Hall–Kier alpha value is -0.860. The van der Waals surface area contributed by atoms with Crippen LogP contribution in [0.2, 0.25) is 0 Å². The van der Waals surface area contributed by atoms with Gasteiger partial charge in [0.25, 0.3) is 0 Å². The number of nitrogens with one attached hydrogen (secondary N) is 1. The Morgan fingerprint density at radius 2 is 1.61 bits per heavy atom. The highest BCUT2D eigenvalue weighted by Crippen LogP contribution is 2.08. The van der Waals surface area contributed by atoms with Gasteiger partial charge in [-0.15, -0.1) is 0 Å². The van der Waals surface area contributed by atoms with Gasteiger partial charge in [0.15, 0.2) is 0 Å². The zero-order chi connectivity index (χ0) is 13.8. The highest BCUT2D eigenvalue weighted by atomic mass is 16.2. The molecule has 1 N–H and O–H groups in total. The van der Waals surface area contributed by atoms with Crippen LogP contribution in [0.15, 0.2) is 5.10 Å². The van der Waals surface area contributed by atoms with Crippen LogP contribution in [0.3, 0.4) is 0 Å². The molecule has 18 heavy (non-hydrogen) atoms. The average molecular weight is 254 g/mol. The van der Waals surface area contributed by atoms with Gasteiger partial charge in [0.05, 0.1) is 0 Å². The summed E-state index contributed by atoms with van der Waals surface area (Å²) in [6, 6.07) is 0. The Labute approximate surface area is 112 Å². The maximum absolute atomic E-state index is 11.5. The molecule has 0 aliphatic carbocycles. The summed E-state index contributed by atoms with van der Waals surface area (Å²) in [5, 5.41) is 4.08. The molecule has 0 saturated carbocycles. The van der Waals surface area contributed by atoms with Crippen LogP contribution in [0.25, 0.3) is 0 Å². The minimum absolute atomic E-state index is 0.0450. The molecule has 0 spiro atoms. The predicted molar refractivity (Wildman–Crippen MR) is 78.7 cm³/mol. The van der Waals surface area contributed by atoms with E-state index in [1.165, 1.54) is 32.1 Å². The van der Waals surface area contributed by atoms with Gasteiger partial charge in [0, 0.05) is 12.1 Å². The molecule has 0 rings (SSSR count). The van der Waals surface area contributed by atoms with Gasteiger partial charge in [-0.05, 0) is 19.3 Å². The normalized spacial score (nSPS) is 11.9. The van der Waals surface area contributed by atoms with Gasteiger partial charge < -0.3 is 0 Å². The molecular formula is C15H30N2O. The SMILES string of the molecule is CCCCCCCCCC(=O)N/N=C(/C)C(C)C. The molecular weight excluding hydrogens is 224 g/mol. The van der Waals surface area contributed by atoms with E-state index in [0.29, 0.717) is 12.3 Å². The lowest BCUT2D eigenvalue weighted by molar-refractivity contribution is -0.121. The third-order valence-electron chi connectivity index (χ3n) is 3.20. The number of hydrazone groups is 1. The number of hydrogen-bond donors (Lipinski definition) is 1. The number of rotatable bonds is 10. The van der Waals surface area contributed by atoms with Crippen LogP contribution in [-0.4, -0.2) is 11.6 Å². The molecule has 0 atom stereocenters. The van der Waals surface area contributed by atoms with E-state index in [1.54, 1.807) is 0 Å². The quantitative estimate of drug-likeness (QED) is 0.353. The fourth-order valence-electron chi connectivity index (χ4n) is 1.58. The van der Waals surface area contributed by atoms with Gasteiger partial charge in [-0.2, -0.15) is 5.10 Å². The van der Waals surface area contributed by atoms with Crippen molar-refractivity contribution >= 4 is 11.6 Å². The second-order valence-corrected chi connectivity index (χ2v) is 5.31. The molecule has 0 heterocycles. The molecule has 0 aliphatic rings. The van der Waals surface area contributed by atoms with Gasteiger partial charge in [-0.1, -0.05) is 59.3 Å². The minimum atomic E-state index is 0.0450.